The van der Waals surface area contributed by atoms with E-state index < -0.39 is 5.60 Å². The van der Waals surface area contributed by atoms with E-state index in [9.17, 15) is 9.90 Å². The van der Waals surface area contributed by atoms with E-state index >= 15 is 0 Å². The zero-order chi connectivity index (χ0) is 24.9. The first-order valence-electron chi connectivity index (χ1n) is 11.4. The molecule has 0 aliphatic rings. The highest BCUT2D eigenvalue weighted by Gasteiger charge is 2.26. The van der Waals surface area contributed by atoms with Gasteiger partial charge in [-0.3, -0.25) is 19.8 Å². The molecule has 4 heterocycles. The number of H-pyrrole nitrogens is 1. The normalized spacial score (nSPS) is 13.6. The molecule has 0 saturated carbocycles. The lowest BCUT2D eigenvalue weighted by molar-refractivity contribution is 0.0802. The summed E-state index contributed by atoms with van der Waals surface area (Å²) in [5, 5.41) is 12.9. The highest BCUT2D eigenvalue weighted by atomic mass is 16.3. The number of aromatic amines is 1. The van der Waals surface area contributed by atoms with Crippen molar-refractivity contribution in [2.45, 2.75) is 32.4 Å². The molecular formula is C27H28N6O2. The van der Waals surface area contributed by atoms with E-state index in [4.69, 9.17) is 0 Å². The Hall–Kier alpha value is -4.04. The predicted molar refractivity (Wildman–Crippen MR) is 139 cm³/mol. The topological polar surface area (TPSA) is 101 Å². The van der Waals surface area contributed by atoms with Crippen LogP contribution in [0.2, 0.25) is 0 Å². The first kappa shape index (κ1) is 22.7. The maximum Gasteiger partial charge on any atom is 0.272 e. The number of hydrogen-bond acceptors (Lipinski definition) is 5. The van der Waals surface area contributed by atoms with Crippen LogP contribution in [0.1, 0.15) is 38.1 Å². The monoisotopic (exact) mass is 468 g/mol. The van der Waals surface area contributed by atoms with Crippen molar-refractivity contribution in [3.05, 3.63) is 83.1 Å². The third kappa shape index (κ3) is 3.76. The van der Waals surface area contributed by atoms with E-state index in [1.807, 2.05) is 49.1 Å². The maximum absolute atomic E-state index is 12.5. The fourth-order valence-corrected chi connectivity index (χ4v) is 4.88. The third-order valence-electron chi connectivity index (χ3n) is 6.60. The summed E-state index contributed by atoms with van der Waals surface area (Å²) in [6, 6.07) is 7.79. The highest BCUT2D eigenvalue weighted by Crippen LogP contribution is 2.38. The Morgan fingerprint density at radius 2 is 2.00 bits per heavy atom. The van der Waals surface area contributed by atoms with Gasteiger partial charge in [0.25, 0.3) is 5.56 Å². The fraction of sp³-hybridized carbons (Fsp3) is 0.259. The summed E-state index contributed by atoms with van der Waals surface area (Å²) in [5.41, 5.74) is 4.61. The van der Waals surface area contributed by atoms with Gasteiger partial charge in [-0.25, -0.2) is 0 Å². The molecule has 2 N–H and O–H groups in total. The second-order valence-electron chi connectivity index (χ2n) is 9.36. The SMILES string of the molecule is C/N=C(\C)C(c1cnccn1)n1ccc2c(C(C)(C)O)cc(-c3cn(C)c4c(=O)[nH]ccc34)cc21. The number of aliphatic imine (C=N–C) groups is 1. The van der Waals surface area contributed by atoms with Crippen LogP contribution in [0, 0.1) is 0 Å². The van der Waals surface area contributed by atoms with Crippen LogP contribution in [-0.4, -0.2) is 42.0 Å². The molecule has 35 heavy (non-hydrogen) atoms. The third-order valence-corrected chi connectivity index (χ3v) is 6.60. The summed E-state index contributed by atoms with van der Waals surface area (Å²) in [5.74, 6) is 0. The standard InChI is InChI=1S/C27H28N6O2/c1-16(28-4)24(22-14-29-9-10-30-22)33-11-7-19-21(27(2,3)35)12-17(13-23(19)33)20-15-32(5)25-18(20)6-8-31-26(25)34/h6-15,24,35H,1-5H3,(H,31,34)/b28-16+. The van der Waals surface area contributed by atoms with E-state index in [0.29, 0.717) is 5.52 Å². The fourth-order valence-electron chi connectivity index (χ4n) is 4.88. The van der Waals surface area contributed by atoms with Gasteiger partial charge in [-0.15, -0.1) is 0 Å². The summed E-state index contributed by atoms with van der Waals surface area (Å²) in [7, 11) is 3.64. The van der Waals surface area contributed by atoms with Gasteiger partial charge in [0, 0.05) is 72.6 Å². The molecule has 1 atom stereocenters. The first-order valence-corrected chi connectivity index (χ1v) is 11.4. The molecule has 0 aliphatic heterocycles. The summed E-state index contributed by atoms with van der Waals surface area (Å²) in [4.78, 5) is 28.6. The molecule has 0 radical (unpaired) electrons. The number of rotatable bonds is 5. The zero-order valence-corrected chi connectivity index (χ0v) is 20.4. The van der Waals surface area contributed by atoms with Crippen molar-refractivity contribution >= 4 is 27.5 Å². The summed E-state index contributed by atoms with van der Waals surface area (Å²) < 4.78 is 3.96. The molecule has 0 aliphatic carbocycles. The Labute approximate surface area is 202 Å². The van der Waals surface area contributed by atoms with Crippen molar-refractivity contribution in [2.75, 3.05) is 7.05 Å². The number of aromatic nitrogens is 5. The van der Waals surface area contributed by atoms with Crippen LogP contribution in [0.3, 0.4) is 0 Å². The predicted octanol–water partition coefficient (Wildman–Crippen LogP) is 4.19. The minimum absolute atomic E-state index is 0.138. The van der Waals surface area contributed by atoms with E-state index in [0.717, 1.165) is 44.4 Å². The number of fused-ring (bicyclic) bond motifs is 2. The quantitative estimate of drug-likeness (QED) is 0.378. The molecule has 0 amide bonds. The number of aliphatic hydroxyl groups is 1. The molecule has 5 aromatic rings. The summed E-state index contributed by atoms with van der Waals surface area (Å²) in [6.07, 6.45) is 10.7. The molecule has 5 rings (SSSR count). The largest absolute Gasteiger partial charge is 0.386 e. The van der Waals surface area contributed by atoms with Gasteiger partial charge in [0.2, 0.25) is 0 Å². The molecule has 0 fully saturated rings. The van der Waals surface area contributed by atoms with Crippen molar-refractivity contribution in [1.29, 1.82) is 0 Å². The van der Waals surface area contributed by atoms with Crippen LogP contribution in [0.25, 0.3) is 32.9 Å². The van der Waals surface area contributed by atoms with Crippen LogP contribution in [0.15, 0.2) is 71.2 Å². The van der Waals surface area contributed by atoms with E-state index in [1.165, 1.54) is 0 Å². The van der Waals surface area contributed by atoms with E-state index in [2.05, 4.69) is 30.6 Å². The number of nitrogens with one attached hydrogen (secondary N) is 1. The van der Waals surface area contributed by atoms with Crippen molar-refractivity contribution < 1.29 is 5.11 Å². The van der Waals surface area contributed by atoms with Crippen LogP contribution in [-0.2, 0) is 12.6 Å². The van der Waals surface area contributed by atoms with Gasteiger partial charge in [-0.05, 0) is 56.2 Å². The van der Waals surface area contributed by atoms with Crippen LogP contribution in [0.4, 0.5) is 0 Å². The Balaban J connectivity index is 1.84. The molecule has 1 unspecified atom stereocenters. The second-order valence-corrected chi connectivity index (χ2v) is 9.36. The lowest BCUT2D eigenvalue weighted by Gasteiger charge is -2.23. The Kier molecular flexibility index (Phi) is 5.40. The zero-order valence-electron chi connectivity index (χ0n) is 20.4. The van der Waals surface area contributed by atoms with Crippen molar-refractivity contribution in [3.63, 3.8) is 0 Å². The smallest absolute Gasteiger partial charge is 0.272 e. The number of benzene rings is 1. The molecule has 8 nitrogen and oxygen atoms in total. The van der Waals surface area contributed by atoms with Gasteiger partial charge >= 0.3 is 0 Å². The molecule has 0 bridgehead atoms. The van der Waals surface area contributed by atoms with Crippen LogP contribution >= 0.6 is 0 Å². The lowest BCUT2D eigenvalue weighted by Crippen LogP contribution is -2.20. The van der Waals surface area contributed by atoms with Gasteiger partial charge < -0.3 is 19.2 Å². The molecule has 8 heteroatoms. The van der Waals surface area contributed by atoms with Crippen LogP contribution < -0.4 is 5.56 Å². The highest BCUT2D eigenvalue weighted by molar-refractivity contribution is 5.99. The second kappa shape index (κ2) is 8.32. The number of nitrogens with zero attached hydrogens (tertiary/aromatic N) is 5. The van der Waals surface area contributed by atoms with Gasteiger partial charge in [0.15, 0.2) is 0 Å². The Morgan fingerprint density at radius 3 is 2.69 bits per heavy atom. The van der Waals surface area contributed by atoms with E-state index in [-0.39, 0.29) is 11.6 Å². The molecule has 1 aromatic carbocycles. The summed E-state index contributed by atoms with van der Waals surface area (Å²) in [6.45, 7) is 5.55. The number of hydrogen-bond donors (Lipinski definition) is 2. The van der Waals surface area contributed by atoms with Crippen molar-refractivity contribution in [3.8, 4) is 11.1 Å². The number of pyridine rings is 1. The molecule has 4 aromatic heterocycles. The van der Waals surface area contributed by atoms with Gasteiger partial charge in [0.05, 0.1) is 17.5 Å². The van der Waals surface area contributed by atoms with Gasteiger partial charge in [-0.1, -0.05) is 0 Å². The van der Waals surface area contributed by atoms with Gasteiger partial charge in [0.1, 0.15) is 11.6 Å². The Bertz CT molecular complexity index is 1630. The Morgan fingerprint density at radius 1 is 1.20 bits per heavy atom. The van der Waals surface area contributed by atoms with Crippen molar-refractivity contribution in [1.82, 2.24) is 24.1 Å². The lowest BCUT2D eigenvalue weighted by atomic mass is 9.91. The maximum atomic E-state index is 12.5. The summed E-state index contributed by atoms with van der Waals surface area (Å²) >= 11 is 0. The molecule has 0 saturated heterocycles. The first-order chi connectivity index (χ1) is 16.7. The average molecular weight is 469 g/mol. The van der Waals surface area contributed by atoms with Crippen LogP contribution in [0.5, 0.6) is 0 Å². The molecular weight excluding hydrogens is 440 g/mol. The minimum atomic E-state index is -1.08. The van der Waals surface area contributed by atoms with E-state index in [1.54, 1.807) is 45.7 Å². The van der Waals surface area contributed by atoms with Crippen molar-refractivity contribution in [2.24, 2.45) is 12.0 Å². The molecule has 178 valence electrons. The minimum Gasteiger partial charge on any atom is -0.386 e. The number of aryl methyl sites for hydroxylation is 1. The van der Waals surface area contributed by atoms with Gasteiger partial charge in [-0.2, -0.15) is 0 Å². The average Bonchev–Trinajstić information content (AvgIpc) is 3.40. The molecule has 0 spiro atoms.